The molecule has 28 heavy (non-hydrogen) atoms. The Bertz CT molecular complexity index is 621. The zero-order chi connectivity index (χ0) is 19.8. The first-order valence-corrected chi connectivity index (χ1v) is 10.3. The number of hydrogen-bond acceptors (Lipinski definition) is 6. The number of carbonyl (C=O) groups is 1. The minimum absolute atomic E-state index is 0.378. The summed E-state index contributed by atoms with van der Waals surface area (Å²) in [6, 6.07) is 8.01. The van der Waals surface area contributed by atoms with Gasteiger partial charge in [0.15, 0.2) is 0 Å². The molecule has 1 aromatic rings. The first-order valence-electron chi connectivity index (χ1n) is 10.3. The summed E-state index contributed by atoms with van der Waals surface area (Å²) in [7, 11) is 0. The van der Waals surface area contributed by atoms with E-state index in [1.54, 1.807) is 0 Å². The predicted molar refractivity (Wildman–Crippen MR) is 105 cm³/mol. The largest absolute Gasteiger partial charge is 0.494 e. The summed E-state index contributed by atoms with van der Waals surface area (Å²) in [5.41, 5.74) is 1.10. The fraction of sp³-hybridized carbons (Fsp3) is 0.667. The van der Waals surface area contributed by atoms with Crippen molar-refractivity contribution in [3.8, 4) is 5.75 Å². The van der Waals surface area contributed by atoms with Gasteiger partial charge < -0.3 is 19.7 Å². The van der Waals surface area contributed by atoms with Crippen LogP contribution in [0.2, 0.25) is 0 Å². The van der Waals surface area contributed by atoms with Crippen molar-refractivity contribution in [3.63, 3.8) is 0 Å². The van der Waals surface area contributed by atoms with Crippen LogP contribution in [0.4, 0.5) is 0 Å². The van der Waals surface area contributed by atoms with E-state index in [0.717, 1.165) is 57.0 Å². The lowest BCUT2D eigenvalue weighted by atomic mass is 9.94. The lowest BCUT2D eigenvalue weighted by Crippen LogP contribution is -2.46. The van der Waals surface area contributed by atoms with Crippen LogP contribution in [0, 0.1) is 5.92 Å². The Balaban J connectivity index is 1.39. The number of unbranched alkanes of at least 4 members (excludes halogenated alkanes) is 1. The van der Waals surface area contributed by atoms with Crippen molar-refractivity contribution < 1.29 is 24.5 Å². The third-order valence-corrected chi connectivity index (χ3v) is 5.52. The molecule has 7 heteroatoms. The quantitative estimate of drug-likeness (QED) is 0.616. The molecule has 2 atom stereocenters. The van der Waals surface area contributed by atoms with Gasteiger partial charge in [-0.2, -0.15) is 0 Å². The van der Waals surface area contributed by atoms with E-state index < -0.39 is 18.0 Å². The van der Waals surface area contributed by atoms with E-state index in [1.165, 1.54) is 0 Å². The molecule has 2 aliphatic heterocycles. The normalized spacial score (nSPS) is 24.2. The molecule has 2 N–H and O–H groups in total. The maximum Gasteiger partial charge on any atom is 0.310 e. The SMILES string of the molecule is O=C(O)[C@@H]1CN(Cc2cccc(OCCCCN3CCOCC3)c2)CC[C@@H]1O. The van der Waals surface area contributed by atoms with Gasteiger partial charge in [0.05, 0.1) is 31.8 Å². The number of benzene rings is 1. The fourth-order valence-electron chi connectivity index (χ4n) is 3.84. The topological polar surface area (TPSA) is 82.5 Å². The number of ether oxygens (including phenoxy) is 2. The number of aliphatic carboxylic acids is 1. The minimum atomic E-state index is -0.925. The van der Waals surface area contributed by atoms with Crippen LogP contribution < -0.4 is 4.74 Å². The van der Waals surface area contributed by atoms with Crippen LogP contribution in [0.3, 0.4) is 0 Å². The maximum absolute atomic E-state index is 11.3. The molecule has 0 aliphatic carbocycles. The molecule has 7 nitrogen and oxygen atoms in total. The second kappa shape index (κ2) is 10.8. The highest BCUT2D eigenvalue weighted by Gasteiger charge is 2.32. The molecule has 2 heterocycles. The number of aliphatic hydroxyl groups is 1. The van der Waals surface area contributed by atoms with Gasteiger partial charge in [-0.3, -0.25) is 14.6 Å². The highest BCUT2D eigenvalue weighted by Crippen LogP contribution is 2.21. The van der Waals surface area contributed by atoms with Crippen LogP contribution in [0.25, 0.3) is 0 Å². The number of rotatable bonds is 9. The van der Waals surface area contributed by atoms with Gasteiger partial charge in [-0.25, -0.2) is 0 Å². The first kappa shape index (κ1) is 21.0. The van der Waals surface area contributed by atoms with Crippen LogP contribution in [-0.2, 0) is 16.1 Å². The van der Waals surface area contributed by atoms with Gasteiger partial charge in [-0.15, -0.1) is 0 Å². The highest BCUT2D eigenvalue weighted by atomic mass is 16.5. The van der Waals surface area contributed by atoms with E-state index in [2.05, 4.69) is 9.80 Å². The number of carboxylic acids is 1. The Morgan fingerprint density at radius 3 is 2.79 bits per heavy atom. The molecule has 0 spiro atoms. The molecule has 2 aliphatic rings. The number of hydrogen-bond donors (Lipinski definition) is 2. The van der Waals surface area contributed by atoms with Crippen LogP contribution in [0.15, 0.2) is 24.3 Å². The average molecular weight is 392 g/mol. The van der Waals surface area contributed by atoms with Crippen LogP contribution in [-0.4, -0.2) is 84.6 Å². The zero-order valence-electron chi connectivity index (χ0n) is 16.5. The van der Waals surface area contributed by atoms with Gasteiger partial charge in [0, 0.05) is 32.7 Å². The molecule has 156 valence electrons. The number of aliphatic hydroxyl groups excluding tert-OH is 1. The summed E-state index contributed by atoms with van der Waals surface area (Å²) in [6.45, 7) is 7.28. The molecule has 0 radical (unpaired) electrons. The minimum Gasteiger partial charge on any atom is -0.494 e. The van der Waals surface area contributed by atoms with Gasteiger partial charge in [0.25, 0.3) is 0 Å². The summed E-state index contributed by atoms with van der Waals surface area (Å²) < 4.78 is 11.3. The molecule has 2 fully saturated rings. The zero-order valence-corrected chi connectivity index (χ0v) is 16.5. The van der Waals surface area contributed by atoms with Crippen molar-refractivity contribution in [2.75, 3.05) is 52.5 Å². The van der Waals surface area contributed by atoms with E-state index in [4.69, 9.17) is 9.47 Å². The smallest absolute Gasteiger partial charge is 0.310 e. The van der Waals surface area contributed by atoms with Gasteiger partial charge in [-0.1, -0.05) is 12.1 Å². The number of carboxylic acid groups (broad SMARTS) is 1. The van der Waals surface area contributed by atoms with Crippen molar-refractivity contribution in [2.24, 2.45) is 5.92 Å². The third kappa shape index (κ3) is 6.44. The molecule has 0 saturated carbocycles. The lowest BCUT2D eigenvalue weighted by molar-refractivity contribution is -0.149. The Labute approximate surface area is 166 Å². The standard InChI is InChI=1S/C21H32N2O5/c24-20-6-8-23(16-19(20)21(25)26)15-17-4-3-5-18(14-17)28-11-2-1-7-22-9-12-27-13-10-22/h3-5,14,19-20,24H,1-2,6-13,15-16H2,(H,25,26)/t19-,20+/m1/s1. The molecular weight excluding hydrogens is 360 g/mol. The molecule has 2 saturated heterocycles. The summed E-state index contributed by atoms with van der Waals surface area (Å²) in [5.74, 6) is -0.776. The second-order valence-corrected chi connectivity index (χ2v) is 7.69. The Hall–Kier alpha value is -1.67. The van der Waals surface area contributed by atoms with Gasteiger partial charge in [-0.05, 0) is 43.5 Å². The Kier molecular flexibility index (Phi) is 8.09. The maximum atomic E-state index is 11.3. The summed E-state index contributed by atoms with van der Waals surface area (Å²) in [4.78, 5) is 15.8. The van der Waals surface area contributed by atoms with Crippen molar-refractivity contribution in [1.29, 1.82) is 0 Å². The van der Waals surface area contributed by atoms with Crippen LogP contribution in [0.5, 0.6) is 5.75 Å². The molecule has 0 bridgehead atoms. The average Bonchev–Trinajstić information content (AvgIpc) is 2.70. The summed E-state index contributed by atoms with van der Waals surface area (Å²) >= 11 is 0. The monoisotopic (exact) mass is 392 g/mol. The number of nitrogens with zero attached hydrogens (tertiary/aromatic N) is 2. The van der Waals surface area contributed by atoms with Crippen molar-refractivity contribution in [2.45, 2.75) is 31.9 Å². The van der Waals surface area contributed by atoms with Crippen molar-refractivity contribution in [3.05, 3.63) is 29.8 Å². The number of likely N-dealkylation sites (tertiary alicyclic amines) is 1. The lowest BCUT2D eigenvalue weighted by Gasteiger charge is -2.34. The Morgan fingerprint density at radius 2 is 2.00 bits per heavy atom. The number of piperidine rings is 1. The number of morpholine rings is 1. The van der Waals surface area contributed by atoms with Crippen LogP contribution in [0.1, 0.15) is 24.8 Å². The molecule has 1 aromatic carbocycles. The molecule has 0 aromatic heterocycles. The molecule has 3 rings (SSSR count). The van der Waals surface area contributed by atoms with Gasteiger partial charge >= 0.3 is 5.97 Å². The van der Waals surface area contributed by atoms with Crippen molar-refractivity contribution in [1.82, 2.24) is 9.80 Å². The molecule has 0 amide bonds. The second-order valence-electron chi connectivity index (χ2n) is 7.69. The van der Waals surface area contributed by atoms with E-state index in [-0.39, 0.29) is 0 Å². The van der Waals surface area contributed by atoms with Crippen molar-refractivity contribution >= 4 is 5.97 Å². The Morgan fingerprint density at radius 1 is 1.18 bits per heavy atom. The van der Waals surface area contributed by atoms with Gasteiger partial charge in [0.1, 0.15) is 5.75 Å². The van der Waals surface area contributed by atoms with E-state index in [9.17, 15) is 15.0 Å². The summed E-state index contributed by atoms with van der Waals surface area (Å²) in [6.07, 6.45) is 1.88. The molecular formula is C21H32N2O5. The highest BCUT2D eigenvalue weighted by molar-refractivity contribution is 5.71. The van der Waals surface area contributed by atoms with E-state index in [1.807, 2.05) is 24.3 Å². The fourth-order valence-corrected chi connectivity index (χ4v) is 3.84. The van der Waals surface area contributed by atoms with Crippen LogP contribution >= 0.6 is 0 Å². The third-order valence-electron chi connectivity index (χ3n) is 5.52. The van der Waals surface area contributed by atoms with E-state index >= 15 is 0 Å². The molecule has 0 unspecified atom stereocenters. The van der Waals surface area contributed by atoms with Gasteiger partial charge in [0.2, 0.25) is 0 Å². The predicted octanol–water partition coefficient (Wildman–Crippen LogP) is 1.45. The van der Waals surface area contributed by atoms with E-state index in [0.29, 0.717) is 32.7 Å². The summed E-state index contributed by atoms with van der Waals surface area (Å²) in [5, 5.41) is 19.1. The first-order chi connectivity index (χ1) is 13.6.